The minimum atomic E-state index is -3.83. The Balaban J connectivity index is 1.90. The molecule has 0 saturated heterocycles. The average Bonchev–Trinajstić information content (AvgIpc) is 3.38. The number of hydrogen-bond acceptors (Lipinski definition) is 7. The van der Waals surface area contributed by atoms with Crippen molar-refractivity contribution in [3.05, 3.63) is 48.0 Å². The maximum Gasteiger partial charge on any atom is 0.244 e. The third-order valence-electron chi connectivity index (χ3n) is 6.13. The van der Waals surface area contributed by atoms with Crippen LogP contribution in [-0.4, -0.2) is 63.9 Å². The smallest absolute Gasteiger partial charge is 0.244 e. The highest BCUT2D eigenvalue weighted by atomic mass is 32.2. The third kappa shape index (κ3) is 7.06. The van der Waals surface area contributed by atoms with E-state index in [1.807, 2.05) is 6.92 Å². The molecule has 1 unspecified atom stereocenters. The van der Waals surface area contributed by atoms with Crippen LogP contribution in [0.1, 0.15) is 39.2 Å². The molecule has 0 bridgehead atoms. The number of carbonyl (C=O) groups is 2. The van der Waals surface area contributed by atoms with E-state index in [1.54, 1.807) is 50.4 Å². The highest BCUT2D eigenvalue weighted by molar-refractivity contribution is 7.92. The molecule has 0 saturated carbocycles. The maximum absolute atomic E-state index is 13.7. The molecule has 1 aliphatic heterocycles. The summed E-state index contributed by atoms with van der Waals surface area (Å²) >= 11 is 0. The van der Waals surface area contributed by atoms with E-state index in [1.165, 1.54) is 17.9 Å². The molecule has 0 spiro atoms. The zero-order valence-electron chi connectivity index (χ0n) is 21.7. The molecule has 11 heteroatoms. The predicted molar refractivity (Wildman–Crippen MR) is 140 cm³/mol. The lowest BCUT2D eigenvalue weighted by atomic mass is 10.1. The number of amides is 2. The summed E-state index contributed by atoms with van der Waals surface area (Å²) in [6.07, 6.45) is 1.74. The van der Waals surface area contributed by atoms with Gasteiger partial charge in [0.1, 0.15) is 18.3 Å². The summed E-state index contributed by atoms with van der Waals surface area (Å²) in [6, 6.07) is 11.0. The van der Waals surface area contributed by atoms with Crippen molar-refractivity contribution < 1.29 is 32.2 Å². The van der Waals surface area contributed by atoms with Crippen LogP contribution in [0.3, 0.4) is 0 Å². The van der Waals surface area contributed by atoms with Gasteiger partial charge in [-0.3, -0.25) is 13.9 Å². The molecular formula is C26H35N3O7S. The Bertz CT molecular complexity index is 1190. The van der Waals surface area contributed by atoms with E-state index in [-0.39, 0.29) is 30.7 Å². The second-order valence-electron chi connectivity index (χ2n) is 8.64. The molecule has 202 valence electrons. The molecule has 0 aliphatic carbocycles. The zero-order chi connectivity index (χ0) is 27.0. The number of fused-ring (bicyclic) bond motifs is 1. The first-order chi connectivity index (χ1) is 17.7. The van der Waals surface area contributed by atoms with Crippen molar-refractivity contribution in [2.45, 2.75) is 46.2 Å². The minimum Gasteiger partial charge on any atom is -0.497 e. The quantitative estimate of drug-likeness (QED) is 0.394. The number of nitrogens with zero attached hydrogens (tertiary/aromatic N) is 2. The van der Waals surface area contributed by atoms with E-state index in [4.69, 9.17) is 14.2 Å². The van der Waals surface area contributed by atoms with Crippen LogP contribution in [0.4, 0.5) is 5.69 Å². The number of ether oxygens (including phenoxy) is 3. The Morgan fingerprint density at radius 1 is 1.08 bits per heavy atom. The van der Waals surface area contributed by atoms with Crippen molar-refractivity contribution in [2.24, 2.45) is 0 Å². The summed E-state index contributed by atoms with van der Waals surface area (Å²) in [7, 11) is -2.27. The van der Waals surface area contributed by atoms with Gasteiger partial charge in [-0.25, -0.2) is 8.42 Å². The van der Waals surface area contributed by atoms with Crippen LogP contribution in [0.15, 0.2) is 42.5 Å². The summed E-state index contributed by atoms with van der Waals surface area (Å²) in [5.41, 5.74) is 1.05. The van der Waals surface area contributed by atoms with Crippen LogP contribution in [0.5, 0.6) is 17.2 Å². The number of carbonyl (C=O) groups excluding carboxylic acids is 2. The van der Waals surface area contributed by atoms with Crippen LogP contribution in [-0.2, 0) is 26.2 Å². The number of anilines is 1. The van der Waals surface area contributed by atoms with Gasteiger partial charge in [0.05, 0.1) is 18.6 Å². The number of nitrogens with one attached hydrogen (secondary N) is 1. The molecule has 0 fully saturated rings. The van der Waals surface area contributed by atoms with Gasteiger partial charge in [0.25, 0.3) is 0 Å². The summed E-state index contributed by atoms with van der Waals surface area (Å²) < 4.78 is 43.1. The van der Waals surface area contributed by atoms with Gasteiger partial charge < -0.3 is 24.4 Å². The van der Waals surface area contributed by atoms with Crippen LogP contribution in [0, 0.1) is 0 Å². The molecule has 1 aliphatic rings. The standard InChI is InChI=1S/C26H35N3O7S/c1-5-7-14-27-26(31)19(3)28(16-20-8-11-22(34-4)12-9-20)25(30)17-29(37(32,33)6-2)21-10-13-23-24(15-21)36-18-35-23/h8-13,15,19H,5-7,14,16-18H2,1-4H3,(H,27,31). The fraction of sp³-hybridized carbons (Fsp3) is 0.462. The van der Waals surface area contributed by atoms with E-state index in [2.05, 4.69) is 5.32 Å². The van der Waals surface area contributed by atoms with Gasteiger partial charge in [-0.2, -0.15) is 0 Å². The Kier molecular flexibility index (Phi) is 9.62. The Morgan fingerprint density at radius 2 is 1.78 bits per heavy atom. The molecule has 2 amide bonds. The summed E-state index contributed by atoms with van der Waals surface area (Å²) in [5.74, 6) is 0.546. The van der Waals surface area contributed by atoms with Gasteiger partial charge in [-0.15, -0.1) is 0 Å². The molecule has 37 heavy (non-hydrogen) atoms. The highest BCUT2D eigenvalue weighted by Crippen LogP contribution is 2.36. The van der Waals surface area contributed by atoms with Crippen molar-refractivity contribution in [3.8, 4) is 17.2 Å². The Hall–Kier alpha value is -3.47. The van der Waals surface area contributed by atoms with Gasteiger partial charge in [-0.1, -0.05) is 25.5 Å². The predicted octanol–water partition coefficient (Wildman–Crippen LogP) is 2.91. The van der Waals surface area contributed by atoms with Crippen molar-refractivity contribution >= 4 is 27.5 Å². The van der Waals surface area contributed by atoms with Crippen LogP contribution >= 0.6 is 0 Å². The monoisotopic (exact) mass is 533 g/mol. The van der Waals surface area contributed by atoms with E-state index in [9.17, 15) is 18.0 Å². The zero-order valence-corrected chi connectivity index (χ0v) is 22.5. The van der Waals surface area contributed by atoms with Gasteiger partial charge in [0.2, 0.25) is 28.6 Å². The molecule has 1 N–H and O–H groups in total. The van der Waals surface area contributed by atoms with E-state index < -0.39 is 28.5 Å². The molecule has 1 heterocycles. The summed E-state index contributed by atoms with van der Waals surface area (Å²) in [4.78, 5) is 28.0. The molecule has 0 radical (unpaired) electrons. The van der Waals surface area contributed by atoms with Gasteiger partial charge in [0, 0.05) is 19.2 Å². The Morgan fingerprint density at radius 3 is 2.43 bits per heavy atom. The topological polar surface area (TPSA) is 114 Å². The van der Waals surface area contributed by atoms with E-state index >= 15 is 0 Å². The summed E-state index contributed by atoms with van der Waals surface area (Å²) in [5, 5.41) is 2.86. The fourth-order valence-electron chi connectivity index (χ4n) is 3.81. The first-order valence-corrected chi connectivity index (χ1v) is 13.9. The van der Waals surface area contributed by atoms with Crippen molar-refractivity contribution in [1.29, 1.82) is 0 Å². The number of sulfonamides is 1. The van der Waals surface area contributed by atoms with E-state index in [0.29, 0.717) is 23.8 Å². The molecular weight excluding hydrogens is 498 g/mol. The molecule has 0 aromatic heterocycles. The van der Waals surface area contributed by atoms with Crippen LogP contribution < -0.4 is 23.8 Å². The first-order valence-electron chi connectivity index (χ1n) is 12.3. The van der Waals surface area contributed by atoms with Crippen molar-refractivity contribution in [1.82, 2.24) is 10.2 Å². The number of unbranched alkanes of at least 4 members (excludes halogenated alkanes) is 1. The highest BCUT2D eigenvalue weighted by Gasteiger charge is 2.31. The maximum atomic E-state index is 13.7. The lowest BCUT2D eigenvalue weighted by molar-refractivity contribution is -0.139. The van der Waals surface area contributed by atoms with Gasteiger partial charge in [0.15, 0.2) is 11.5 Å². The number of benzene rings is 2. The molecule has 10 nitrogen and oxygen atoms in total. The third-order valence-corrected chi connectivity index (χ3v) is 7.87. The Labute approximate surface area is 218 Å². The molecule has 2 aromatic carbocycles. The lowest BCUT2D eigenvalue weighted by Gasteiger charge is -2.32. The molecule has 3 rings (SSSR count). The molecule has 1 atom stereocenters. The van der Waals surface area contributed by atoms with Crippen molar-refractivity contribution in [2.75, 3.05) is 37.1 Å². The minimum absolute atomic E-state index is 0.0402. The lowest BCUT2D eigenvalue weighted by Crippen LogP contribution is -2.51. The average molecular weight is 534 g/mol. The summed E-state index contributed by atoms with van der Waals surface area (Å²) in [6.45, 7) is 5.36. The van der Waals surface area contributed by atoms with Gasteiger partial charge >= 0.3 is 0 Å². The van der Waals surface area contributed by atoms with Crippen molar-refractivity contribution in [3.63, 3.8) is 0 Å². The number of methoxy groups -OCH3 is 1. The second-order valence-corrected chi connectivity index (χ2v) is 10.8. The van der Waals surface area contributed by atoms with E-state index in [0.717, 1.165) is 22.7 Å². The largest absolute Gasteiger partial charge is 0.497 e. The number of rotatable bonds is 13. The number of hydrogen-bond donors (Lipinski definition) is 1. The fourth-order valence-corrected chi connectivity index (χ4v) is 4.86. The van der Waals surface area contributed by atoms with Crippen LogP contribution in [0.2, 0.25) is 0 Å². The normalized spacial score (nSPS) is 13.1. The first kappa shape index (κ1) is 28.1. The van der Waals surface area contributed by atoms with Gasteiger partial charge in [-0.05, 0) is 50.1 Å². The SMILES string of the molecule is CCCCNC(=O)C(C)N(Cc1ccc(OC)cc1)C(=O)CN(c1ccc2c(c1)OCO2)S(=O)(=O)CC. The second kappa shape index (κ2) is 12.7. The van der Waals surface area contributed by atoms with Crippen LogP contribution in [0.25, 0.3) is 0 Å². The molecule has 2 aromatic rings.